The molecule has 0 saturated carbocycles. The second-order valence-electron chi connectivity index (χ2n) is 5.68. The van der Waals surface area contributed by atoms with Crippen molar-refractivity contribution in [3.8, 4) is 0 Å². The van der Waals surface area contributed by atoms with Gasteiger partial charge in [0.1, 0.15) is 5.82 Å². The quantitative estimate of drug-likeness (QED) is 0.895. The van der Waals surface area contributed by atoms with Crippen LogP contribution in [0.3, 0.4) is 0 Å². The highest BCUT2D eigenvalue weighted by Crippen LogP contribution is 2.26. The summed E-state index contributed by atoms with van der Waals surface area (Å²) in [5.74, 6) is 0.283. The maximum atomic E-state index is 12.6. The summed E-state index contributed by atoms with van der Waals surface area (Å²) in [7, 11) is 1.77. The fraction of sp³-hybridized carbons (Fsp3) is 0.312. The maximum absolute atomic E-state index is 12.6. The van der Waals surface area contributed by atoms with Crippen molar-refractivity contribution in [2.24, 2.45) is 7.05 Å². The third kappa shape index (κ3) is 2.82. The average molecular weight is 348 g/mol. The number of carbonyl (C=O) groups excluding carboxylic acids is 2. The van der Waals surface area contributed by atoms with E-state index in [9.17, 15) is 9.59 Å². The molecule has 2 aromatic rings. The summed E-state index contributed by atoms with van der Waals surface area (Å²) < 4.78 is 1.62. The monoisotopic (exact) mass is 347 g/mol. The molecule has 0 unspecified atom stereocenters. The fourth-order valence-electron chi connectivity index (χ4n) is 2.69. The first kappa shape index (κ1) is 16.3. The van der Waals surface area contributed by atoms with Gasteiger partial charge in [-0.25, -0.2) is 4.79 Å². The zero-order chi connectivity index (χ0) is 17.4. The number of benzene rings is 1. The van der Waals surface area contributed by atoms with Gasteiger partial charge < -0.3 is 10.6 Å². The normalized spacial score (nSPS) is 14.0. The number of nitrogens with one attached hydrogen (secondary N) is 2. The second kappa shape index (κ2) is 6.16. The van der Waals surface area contributed by atoms with Gasteiger partial charge in [0.15, 0.2) is 0 Å². The Balaban J connectivity index is 1.90. The van der Waals surface area contributed by atoms with Crippen molar-refractivity contribution in [1.29, 1.82) is 0 Å². The van der Waals surface area contributed by atoms with Crippen molar-refractivity contribution in [3.63, 3.8) is 0 Å². The van der Waals surface area contributed by atoms with Gasteiger partial charge in [0.05, 0.1) is 16.3 Å². The molecule has 2 N–H and O–H groups in total. The zero-order valence-electron chi connectivity index (χ0n) is 13.7. The third-order valence-electron chi connectivity index (χ3n) is 4.12. The number of hydrogen-bond acceptors (Lipinski definition) is 3. The number of urea groups is 1. The molecule has 1 aromatic carbocycles. The van der Waals surface area contributed by atoms with Crippen molar-refractivity contribution in [3.05, 3.63) is 40.0 Å². The van der Waals surface area contributed by atoms with E-state index < -0.39 is 0 Å². The number of amides is 3. The Morgan fingerprint density at radius 3 is 2.71 bits per heavy atom. The van der Waals surface area contributed by atoms with E-state index in [2.05, 4.69) is 15.7 Å². The zero-order valence-corrected chi connectivity index (χ0v) is 14.4. The Hall–Kier alpha value is -2.54. The molecule has 0 atom stereocenters. The van der Waals surface area contributed by atoms with Crippen LogP contribution < -0.4 is 15.5 Å². The molecular weight excluding hydrogens is 330 g/mol. The lowest BCUT2D eigenvalue weighted by Crippen LogP contribution is -2.28. The van der Waals surface area contributed by atoms with E-state index in [1.807, 2.05) is 13.8 Å². The minimum Gasteiger partial charge on any atom is -0.336 e. The molecule has 0 spiro atoms. The predicted octanol–water partition coefficient (Wildman–Crippen LogP) is 2.47. The Morgan fingerprint density at radius 1 is 1.38 bits per heavy atom. The van der Waals surface area contributed by atoms with Gasteiger partial charge in [0.25, 0.3) is 5.91 Å². The van der Waals surface area contributed by atoms with Crippen LogP contribution in [0.4, 0.5) is 16.3 Å². The molecule has 1 fully saturated rings. The number of halogens is 1. The number of anilines is 2. The lowest BCUT2D eigenvalue weighted by atomic mass is 10.1. The van der Waals surface area contributed by atoms with Gasteiger partial charge in [-0.15, -0.1) is 0 Å². The van der Waals surface area contributed by atoms with Gasteiger partial charge in [-0.2, -0.15) is 5.10 Å². The van der Waals surface area contributed by atoms with Crippen LogP contribution >= 0.6 is 11.6 Å². The lowest BCUT2D eigenvalue weighted by molar-refractivity contribution is 0.102. The van der Waals surface area contributed by atoms with E-state index in [4.69, 9.17) is 11.6 Å². The van der Waals surface area contributed by atoms with Crippen LogP contribution in [0.5, 0.6) is 0 Å². The fourth-order valence-corrected chi connectivity index (χ4v) is 2.89. The Bertz CT molecular complexity index is 830. The first-order chi connectivity index (χ1) is 11.4. The van der Waals surface area contributed by atoms with E-state index >= 15 is 0 Å². The highest BCUT2D eigenvalue weighted by molar-refractivity contribution is 6.34. The number of carbonyl (C=O) groups is 2. The predicted molar refractivity (Wildman–Crippen MR) is 92.8 cm³/mol. The van der Waals surface area contributed by atoms with Crippen LogP contribution in [-0.2, 0) is 7.05 Å². The molecular formula is C16H18ClN5O2. The number of rotatable bonds is 3. The molecule has 1 aliphatic rings. The van der Waals surface area contributed by atoms with Crippen molar-refractivity contribution < 1.29 is 9.59 Å². The first-order valence-electron chi connectivity index (χ1n) is 7.55. The smallest absolute Gasteiger partial charge is 0.321 e. The van der Waals surface area contributed by atoms with Crippen LogP contribution in [0.1, 0.15) is 21.6 Å². The molecule has 8 heteroatoms. The largest absolute Gasteiger partial charge is 0.336 e. The van der Waals surface area contributed by atoms with Crippen molar-refractivity contribution in [2.75, 3.05) is 23.3 Å². The van der Waals surface area contributed by atoms with Gasteiger partial charge in [0.2, 0.25) is 0 Å². The van der Waals surface area contributed by atoms with Gasteiger partial charge in [-0.3, -0.25) is 14.4 Å². The van der Waals surface area contributed by atoms with Crippen molar-refractivity contribution in [2.45, 2.75) is 13.8 Å². The summed E-state index contributed by atoms with van der Waals surface area (Å²) in [5, 5.41) is 10.2. The number of aryl methyl sites for hydroxylation is 2. The van der Waals surface area contributed by atoms with E-state index in [1.54, 1.807) is 34.8 Å². The van der Waals surface area contributed by atoms with Gasteiger partial charge in [-0.1, -0.05) is 11.6 Å². The Kier molecular flexibility index (Phi) is 4.19. The summed E-state index contributed by atoms with van der Waals surface area (Å²) >= 11 is 6.18. The van der Waals surface area contributed by atoms with E-state index in [0.717, 1.165) is 11.3 Å². The summed E-state index contributed by atoms with van der Waals surface area (Å²) in [6.07, 6.45) is 0. The third-order valence-corrected chi connectivity index (χ3v) is 4.45. The van der Waals surface area contributed by atoms with Crippen molar-refractivity contribution >= 4 is 35.0 Å². The highest BCUT2D eigenvalue weighted by atomic mass is 35.5. The summed E-state index contributed by atoms with van der Waals surface area (Å²) in [6.45, 7) is 4.91. The molecule has 2 heterocycles. The van der Waals surface area contributed by atoms with Crippen LogP contribution in [0, 0.1) is 13.8 Å². The lowest BCUT2D eigenvalue weighted by Gasteiger charge is -2.16. The van der Waals surface area contributed by atoms with E-state index in [-0.39, 0.29) is 11.9 Å². The van der Waals surface area contributed by atoms with Crippen LogP contribution in [0.15, 0.2) is 18.2 Å². The van der Waals surface area contributed by atoms with Crippen LogP contribution in [0.25, 0.3) is 0 Å². The van der Waals surface area contributed by atoms with Gasteiger partial charge in [0, 0.05) is 31.4 Å². The number of hydrogen-bond donors (Lipinski definition) is 2. The SMILES string of the molecule is Cc1nn(C)c(NC(=O)c2cc(N3CCNC3=O)ccc2Cl)c1C. The molecule has 7 nitrogen and oxygen atoms in total. The molecule has 1 saturated heterocycles. The van der Waals surface area contributed by atoms with E-state index in [1.165, 1.54) is 0 Å². The number of nitrogens with zero attached hydrogens (tertiary/aromatic N) is 3. The molecule has 3 rings (SSSR count). The molecule has 126 valence electrons. The summed E-state index contributed by atoms with van der Waals surface area (Å²) in [4.78, 5) is 26.0. The minimum absolute atomic E-state index is 0.179. The maximum Gasteiger partial charge on any atom is 0.321 e. The highest BCUT2D eigenvalue weighted by Gasteiger charge is 2.23. The van der Waals surface area contributed by atoms with Gasteiger partial charge in [-0.05, 0) is 32.0 Å². The number of aromatic nitrogens is 2. The molecule has 24 heavy (non-hydrogen) atoms. The molecule has 3 amide bonds. The Morgan fingerprint density at radius 2 is 2.12 bits per heavy atom. The average Bonchev–Trinajstić information content (AvgIpc) is 3.06. The standard InChI is InChI=1S/C16H18ClN5O2/c1-9-10(2)20-21(3)14(9)19-15(23)12-8-11(4-5-13(12)17)22-7-6-18-16(22)24/h4-5,8H,6-7H2,1-3H3,(H,18,24)(H,19,23). The second-order valence-corrected chi connectivity index (χ2v) is 6.09. The topological polar surface area (TPSA) is 79.3 Å². The molecule has 0 aliphatic carbocycles. The molecule has 1 aliphatic heterocycles. The van der Waals surface area contributed by atoms with Gasteiger partial charge >= 0.3 is 6.03 Å². The first-order valence-corrected chi connectivity index (χ1v) is 7.92. The van der Waals surface area contributed by atoms with Crippen LogP contribution in [-0.4, -0.2) is 34.8 Å². The summed E-state index contributed by atoms with van der Waals surface area (Å²) in [5.41, 5.74) is 2.70. The molecule has 0 bridgehead atoms. The van der Waals surface area contributed by atoms with Crippen LogP contribution in [0.2, 0.25) is 5.02 Å². The van der Waals surface area contributed by atoms with Crippen molar-refractivity contribution in [1.82, 2.24) is 15.1 Å². The Labute approximate surface area is 144 Å². The summed E-state index contributed by atoms with van der Waals surface area (Å²) in [6, 6.07) is 4.80. The molecule has 1 aromatic heterocycles. The minimum atomic E-state index is -0.340. The molecule has 0 radical (unpaired) electrons. The van der Waals surface area contributed by atoms with E-state index in [0.29, 0.717) is 35.2 Å².